The zero-order chi connectivity index (χ0) is 40.7. The molecule has 4 nitrogen and oxygen atoms in total. The van der Waals surface area contributed by atoms with E-state index in [9.17, 15) is 10.2 Å². The molecule has 60 heavy (non-hydrogen) atoms. The van der Waals surface area contributed by atoms with Crippen LogP contribution >= 0.6 is 0 Å². The number of ether oxygens (including phenoxy) is 2. The van der Waals surface area contributed by atoms with E-state index in [1.165, 1.54) is 107 Å². The summed E-state index contributed by atoms with van der Waals surface area (Å²) in [4.78, 5) is 0. The van der Waals surface area contributed by atoms with Gasteiger partial charge >= 0.3 is 0 Å². The summed E-state index contributed by atoms with van der Waals surface area (Å²) in [6.07, 6.45) is 18.6. The highest BCUT2D eigenvalue weighted by Gasteiger charge is 2.28. The van der Waals surface area contributed by atoms with Crippen molar-refractivity contribution in [2.75, 3.05) is 13.2 Å². The molecule has 4 heteroatoms. The maximum atomic E-state index is 12.3. The van der Waals surface area contributed by atoms with Crippen molar-refractivity contribution in [2.24, 2.45) is 0 Å². The molecule has 4 aliphatic rings. The van der Waals surface area contributed by atoms with Crippen LogP contribution in [0.3, 0.4) is 0 Å². The van der Waals surface area contributed by atoms with Crippen LogP contribution in [0, 0.1) is 13.8 Å². The van der Waals surface area contributed by atoms with Crippen LogP contribution in [0.15, 0.2) is 84.9 Å². The van der Waals surface area contributed by atoms with Crippen LogP contribution in [0.1, 0.15) is 107 Å². The molecule has 0 amide bonds. The number of fused-ring (bicyclic) bond motifs is 4. The molecule has 2 N–H and O–H groups in total. The van der Waals surface area contributed by atoms with Crippen molar-refractivity contribution in [3.05, 3.63) is 141 Å². The number of para-hydroxylation sites is 2. The van der Waals surface area contributed by atoms with Crippen LogP contribution in [0.2, 0.25) is 0 Å². The Balaban J connectivity index is 0.931. The molecule has 0 aliphatic heterocycles. The summed E-state index contributed by atoms with van der Waals surface area (Å²) in [6, 6.07) is 29.7. The number of hydrogen-bond donors (Lipinski definition) is 2. The minimum absolute atomic E-state index is 0.317. The summed E-state index contributed by atoms with van der Waals surface area (Å²) in [5.74, 6) is 2.10. The molecule has 4 aliphatic carbocycles. The molecule has 0 fully saturated rings. The molecule has 0 radical (unpaired) electrons. The summed E-state index contributed by atoms with van der Waals surface area (Å²) in [6.45, 7) is 4.91. The number of benzene rings is 6. The fourth-order valence-corrected chi connectivity index (χ4v) is 11.2. The quantitative estimate of drug-likeness (QED) is 0.143. The predicted octanol–water partition coefficient (Wildman–Crippen LogP) is 13.4. The van der Waals surface area contributed by atoms with E-state index in [2.05, 4.69) is 62.4 Å². The molecule has 0 aromatic heterocycles. The first-order valence-corrected chi connectivity index (χ1v) is 22.9. The van der Waals surface area contributed by atoms with E-state index < -0.39 is 0 Å². The highest BCUT2D eigenvalue weighted by atomic mass is 16.5. The van der Waals surface area contributed by atoms with Gasteiger partial charge in [-0.15, -0.1) is 0 Å². The van der Waals surface area contributed by atoms with Crippen molar-refractivity contribution < 1.29 is 19.7 Å². The minimum atomic E-state index is 0.317. The zero-order valence-corrected chi connectivity index (χ0v) is 35.5. The van der Waals surface area contributed by atoms with Gasteiger partial charge in [0.05, 0.1) is 0 Å². The van der Waals surface area contributed by atoms with Gasteiger partial charge in [-0.25, -0.2) is 0 Å². The van der Waals surface area contributed by atoms with Gasteiger partial charge in [0, 0.05) is 33.4 Å². The highest BCUT2D eigenvalue weighted by Crippen LogP contribution is 2.49. The summed E-state index contributed by atoms with van der Waals surface area (Å²) < 4.78 is 13.0. The molecule has 0 saturated heterocycles. The van der Waals surface area contributed by atoms with Crippen LogP contribution < -0.4 is 9.47 Å². The standard InChI is InChI=1S/C56H58O4/c1-35-29-47(55(57)49(31-35)53-41-19-7-3-15-37(41)33-38-16-4-8-20-42(38)53)45-23-11-13-25-51(45)59-27-28-60-52-26-14-12-24-46(52)48-30-36(2)32-50(56(48)58)54-43-21-9-5-17-39(43)34-40-18-6-10-22-44(40)54/h11-14,23-26,29-34,57-58H,3-10,15-22,27-28H2,1-2H3. The average Bonchev–Trinajstić information content (AvgIpc) is 3.28. The monoisotopic (exact) mass is 794 g/mol. The molecular formula is C56H58O4. The van der Waals surface area contributed by atoms with E-state index in [-0.39, 0.29) is 0 Å². The van der Waals surface area contributed by atoms with E-state index >= 15 is 0 Å². The Morgan fingerprint density at radius 2 is 0.700 bits per heavy atom. The van der Waals surface area contributed by atoms with Gasteiger partial charge in [0.2, 0.25) is 0 Å². The van der Waals surface area contributed by atoms with Gasteiger partial charge in [-0.05, 0) is 220 Å². The largest absolute Gasteiger partial charge is 0.507 e. The zero-order valence-electron chi connectivity index (χ0n) is 35.5. The van der Waals surface area contributed by atoms with Crippen LogP contribution in [0.5, 0.6) is 23.0 Å². The second-order valence-corrected chi connectivity index (χ2v) is 18.0. The first-order valence-electron chi connectivity index (χ1n) is 22.9. The fraction of sp³-hybridized carbons (Fsp3) is 0.357. The lowest BCUT2D eigenvalue weighted by molar-refractivity contribution is 0.218. The number of aryl methyl sites for hydroxylation is 6. The van der Waals surface area contributed by atoms with Crippen molar-refractivity contribution in [1.29, 1.82) is 0 Å². The van der Waals surface area contributed by atoms with Crippen LogP contribution in [-0.2, 0) is 51.4 Å². The molecule has 0 atom stereocenters. The number of hydrogen-bond acceptors (Lipinski definition) is 4. The maximum Gasteiger partial charge on any atom is 0.131 e. The number of aromatic hydroxyl groups is 2. The van der Waals surface area contributed by atoms with Crippen molar-refractivity contribution in [3.8, 4) is 67.5 Å². The second kappa shape index (κ2) is 16.5. The summed E-state index contributed by atoms with van der Waals surface area (Å²) in [5.41, 5.74) is 21.8. The topological polar surface area (TPSA) is 58.9 Å². The Labute approximate surface area is 356 Å². The predicted molar refractivity (Wildman–Crippen MR) is 245 cm³/mol. The lowest BCUT2D eigenvalue weighted by atomic mass is 9.76. The molecule has 0 unspecified atom stereocenters. The van der Waals surface area contributed by atoms with E-state index in [0.717, 1.165) is 95.9 Å². The Hall–Kier alpha value is -5.48. The Bertz CT molecular complexity index is 2360. The number of phenols is 2. The van der Waals surface area contributed by atoms with Crippen molar-refractivity contribution in [1.82, 2.24) is 0 Å². The number of rotatable bonds is 9. The van der Waals surface area contributed by atoms with Gasteiger partial charge in [0.25, 0.3) is 0 Å². The van der Waals surface area contributed by atoms with Crippen LogP contribution in [0.25, 0.3) is 44.5 Å². The fourth-order valence-electron chi connectivity index (χ4n) is 11.2. The molecular weight excluding hydrogens is 737 g/mol. The Morgan fingerprint density at radius 1 is 0.383 bits per heavy atom. The van der Waals surface area contributed by atoms with Gasteiger partial charge in [-0.3, -0.25) is 0 Å². The molecule has 0 spiro atoms. The lowest BCUT2D eigenvalue weighted by Gasteiger charge is -2.28. The van der Waals surface area contributed by atoms with Crippen LogP contribution in [0.4, 0.5) is 0 Å². The van der Waals surface area contributed by atoms with Gasteiger partial charge in [-0.1, -0.05) is 48.5 Å². The molecule has 0 saturated carbocycles. The summed E-state index contributed by atoms with van der Waals surface area (Å²) in [5, 5.41) is 24.5. The van der Waals surface area contributed by atoms with Gasteiger partial charge in [0.1, 0.15) is 36.2 Å². The molecule has 0 heterocycles. The molecule has 6 aromatic rings. The van der Waals surface area contributed by atoms with E-state index in [1.54, 1.807) is 0 Å². The van der Waals surface area contributed by atoms with Gasteiger partial charge < -0.3 is 19.7 Å². The van der Waals surface area contributed by atoms with E-state index in [4.69, 9.17) is 9.47 Å². The Morgan fingerprint density at radius 3 is 1.07 bits per heavy atom. The van der Waals surface area contributed by atoms with Crippen molar-refractivity contribution >= 4 is 0 Å². The number of phenolic OH excluding ortho intramolecular Hbond substituents is 2. The summed E-state index contributed by atoms with van der Waals surface area (Å²) in [7, 11) is 0. The normalized spacial score (nSPS) is 15.7. The molecule has 6 aromatic carbocycles. The van der Waals surface area contributed by atoms with Crippen LogP contribution in [-0.4, -0.2) is 23.4 Å². The second-order valence-electron chi connectivity index (χ2n) is 18.0. The third kappa shape index (κ3) is 7.16. The lowest BCUT2D eigenvalue weighted by Crippen LogP contribution is -2.13. The van der Waals surface area contributed by atoms with Crippen molar-refractivity contribution in [2.45, 2.75) is 117 Å². The SMILES string of the molecule is Cc1cc(-c2ccccc2OCCOc2ccccc2-c2cc(C)cc(-c3c4c(cc5c3CCCC5)CCCC4)c2O)c(O)c(-c2c3c(cc4c2CCCC4)CCCC3)c1. The third-order valence-corrected chi connectivity index (χ3v) is 13.9. The first-order chi connectivity index (χ1) is 29.4. The molecule has 0 bridgehead atoms. The Kier molecular flexibility index (Phi) is 10.7. The highest BCUT2D eigenvalue weighted by molar-refractivity contribution is 5.90. The third-order valence-electron chi connectivity index (χ3n) is 13.9. The molecule has 306 valence electrons. The van der Waals surface area contributed by atoms with Crippen molar-refractivity contribution in [3.63, 3.8) is 0 Å². The van der Waals surface area contributed by atoms with E-state index in [0.29, 0.717) is 36.2 Å². The summed E-state index contributed by atoms with van der Waals surface area (Å²) >= 11 is 0. The minimum Gasteiger partial charge on any atom is -0.507 e. The average molecular weight is 795 g/mol. The van der Waals surface area contributed by atoms with E-state index in [1.807, 2.05) is 36.4 Å². The first kappa shape index (κ1) is 38.7. The van der Waals surface area contributed by atoms with Gasteiger partial charge in [0.15, 0.2) is 0 Å². The van der Waals surface area contributed by atoms with Gasteiger partial charge in [-0.2, -0.15) is 0 Å². The smallest absolute Gasteiger partial charge is 0.131 e. The maximum absolute atomic E-state index is 12.3. The molecule has 10 rings (SSSR count).